The van der Waals surface area contributed by atoms with E-state index in [9.17, 15) is 13.2 Å². The van der Waals surface area contributed by atoms with E-state index in [1.54, 1.807) is 6.92 Å². The molecule has 1 unspecified atom stereocenters. The van der Waals surface area contributed by atoms with Crippen LogP contribution in [0.4, 0.5) is 13.2 Å². The van der Waals surface area contributed by atoms with Crippen molar-refractivity contribution in [1.82, 2.24) is 15.3 Å². The molecule has 1 saturated heterocycles. The summed E-state index contributed by atoms with van der Waals surface area (Å²) < 4.78 is 43.4. The number of rotatable bonds is 2. The van der Waals surface area contributed by atoms with Gasteiger partial charge in [0.2, 0.25) is 0 Å². The zero-order chi connectivity index (χ0) is 12.5. The summed E-state index contributed by atoms with van der Waals surface area (Å²) in [6.45, 7) is 3.33. The molecule has 7 heteroatoms. The van der Waals surface area contributed by atoms with Crippen LogP contribution in [0.5, 0.6) is 0 Å². The Labute approximate surface area is 96.6 Å². The van der Waals surface area contributed by atoms with Crippen molar-refractivity contribution in [1.29, 1.82) is 0 Å². The number of aromatic nitrogens is 2. The molecule has 0 saturated carbocycles. The van der Waals surface area contributed by atoms with Crippen LogP contribution in [0.2, 0.25) is 0 Å². The van der Waals surface area contributed by atoms with Crippen LogP contribution in [-0.4, -0.2) is 29.7 Å². The molecule has 2 rings (SSSR count). The summed E-state index contributed by atoms with van der Waals surface area (Å²) in [5.74, 6) is 0.251. The zero-order valence-corrected chi connectivity index (χ0v) is 9.40. The number of ether oxygens (including phenoxy) is 1. The normalized spacial score (nSPS) is 21.8. The van der Waals surface area contributed by atoms with Crippen LogP contribution in [-0.2, 0) is 17.3 Å². The minimum Gasteiger partial charge on any atom is -0.368 e. The number of alkyl halides is 3. The number of H-pyrrole nitrogens is 1. The number of nitrogens with one attached hydrogen (secondary N) is 2. The van der Waals surface area contributed by atoms with E-state index in [4.69, 9.17) is 4.74 Å². The van der Waals surface area contributed by atoms with Crippen LogP contribution < -0.4 is 5.32 Å². The van der Waals surface area contributed by atoms with Crippen molar-refractivity contribution < 1.29 is 17.9 Å². The first-order valence-electron chi connectivity index (χ1n) is 5.50. The average molecular weight is 249 g/mol. The molecule has 0 radical (unpaired) electrons. The number of morpholine rings is 1. The first kappa shape index (κ1) is 12.4. The molecule has 4 nitrogen and oxygen atoms in total. The molecule has 1 aliphatic heterocycles. The molecule has 1 fully saturated rings. The maximum atomic E-state index is 12.7. The summed E-state index contributed by atoms with van der Waals surface area (Å²) in [4.78, 5) is 6.34. The molecule has 96 valence electrons. The Bertz CT molecular complexity index is 383. The lowest BCUT2D eigenvalue weighted by atomic mass is 10.2. The lowest BCUT2D eigenvalue weighted by Crippen LogP contribution is -2.33. The second-order valence-electron chi connectivity index (χ2n) is 3.86. The van der Waals surface area contributed by atoms with Gasteiger partial charge in [-0.05, 0) is 6.42 Å². The van der Waals surface area contributed by atoms with Gasteiger partial charge in [-0.25, -0.2) is 4.98 Å². The Balaban J connectivity index is 2.27. The highest BCUT2D eigenvalue weighted by molar-refractivity contribution is 5.19. The molecule has 17 heavy (non-hydrogen) atoms. The highest BCUT2D eigenvalue weighted by Gasteiger charge is 2.37. The van der Waals surface area contributed by atoms with Crippen molar-refractivity contribution in [3.8, 4) is 0 Å². The SMILES string of the molecule is CCc1[nH]c(C2CNCCO2)nc1C(F)(F)F. The van der Waals surface area contributed by atoms with Crippen molar-refractivity contribution in [3.63, 3.8) is 0 Å². The smallest absolute Gasteiger partial charge is 0.368 e. The standard InChI is InChI=1S/C10H14F3N3O/c1-2-6-8(10(11,12)13)16-9(15-6)7-5-14-3-4-17-7/h7,14H,2-5H2,1H3,(H,15,16). The van der Waals surface area contributed by atoms with Gasteiger partial charge < -0.3 is 15.0 Å². The number of hydrogen-bond donors (Lipinski definition) is 2. The van der Waals surface area contributed by atoms with Gasteiger partial charge in [0.1, 0.15) is 11.9 Å². The van der Waals surface area contributed by atoms with Crippen LogP contribution in [0, 0.1) is 0 Å². The van der Waals surface area contributed by atoms with Crippen LogP contribution >= 0.6 is 0 Å². The van der Waals surface area contributed by atoms with Gasteiger partial charge in [0.05, 0.1) is 6.61 Å². The second-order valence-corrected chi connectivity index (χ2v) is 3.86. The first-order valence-corrected chi connectivity index (χ1v) is 5.50. The van der Waals surface area contributed by atoms with E-state index in [1.807, 2.05) is 0 Å². The molecule has 0 bridgehead atoms. The number of nitrogens with zero attached hydrogens (tertiary/aromatic N) is 1. The fraction of sp³-hybridized carbons (Fsp3) is 0.700. The summed E-state index contributed by atoms with van der Waals surface area (Å²) in [5, 5.41) is 3.05. The summed E-state index contributed by atoms with van der Waals surface area (Å²) in [5.41, 5.74) is -0.717. The molecule has 0 aromatic carbocycles. The molecular formula is C10H14F3N3O. The van der Waals surface area contributed by atoms with Crippen molar-refractivity contribution in [2.24, 2.45) is 0 Å². The van der Waals surface area contributed by atoms with Crippen molar-refractivity contribution in [3.05, 3.63) is 17.2 Å². The van der Waals surface area contributed by atoms with Gasteiger partial charge in [0, 0.05) is 18.8 Å². The Hall–Kier alpha value is -1.08. The highest BCUT2D eigenvalue weighted by Crippen LogP contribution is 2.32. The lowest BCUT2D eigenvalue weighted by molar-refractivity contribution is -0.141. The Kier molecular flexibility index (Phi) is 3.39. The van der Waals surface area contributed by atoms with Crippen molar-refractivity contribution in [2.45, 2.75) is 25.6 Å². The Morgan fingerprint density at radius 2 is 2.24 bits per heavy atom. The molecule has 0 amide bonds. The number of hydrogen-bond acceptors (Lipinski definition) is 3. The lowest BCUT2D eigenvalue weighted by Gasteiger charge is -2.21. The summed E-state index contributed by atoms with van der Waals surface area (Å²) in [6, 6.07) is 0. The third-order valence-electron chi connectivity index (χ3n) is 2.65. The fourth-order valence-electron chi connectivity index (χ4n) is 1.81. The van der Waals surface area contributed by atoms with Crippen LogP contribution in [0.1, 0.15) is 30.2 Å². The van der Waals surface area contributed by atoms with E-state index in [0.717, 1.165) is 0 Å². The molecule has 1 aromatic heterocycles. The maximum absolute atomic E-state index is 12.7. The van der Waals surface area contributed by atoms with E-state index in [1.165, 1.54) is 0 Å². The van der Waals surface area contributed by atoms with Crippen LogP contribution in [0.25, 0.3) is 0 Å². The number of aryl methyl sites for hydroxylation is 1. The maximum Gasteiger partial charge on any atom is 0.435 e. The Morgan fingerprint density at radius 3 is 2.71 bits per heavy atom. The van der Waals surface area contributed by atoms with Gasteiger partial charge in [-0.1, -0.05) is 6.92 Å². The van der Waals surface area contributed by atoms with Crippen LogP contribution in [0.3, 0.4) is 0 Å². The van der Waals surface area contributed by atoms with E-state index < -0.39 is 18.0 Å². The molecule has 1 aromatic rings. The van der Waals surface area contributed by atoms with Gasteiger partial charge in [-0.15, -0.1) is 0 Å². The van der Waals surface area contributed by atoms with Gasteiger partial charge in [0.25, 0.3) is 0 Å². The quantitative estimate of drug-likeness (QED) is 0.838. The predicted molar refractivity (Wildman–Crippen MR) is 54.5 cm³/mol. The van der Waals surface area contributed by atoms with E-state index in [0.29, 0.717) is 19.7 Å². The summed E-state index contributed by atoms with van der Waals surface area (Å²) in [6.07, 6.45) is -4.57. The third kappa shape index (κ3) is 2.61. The van der Waals surface area contributed by atoms with Gasteiger partial charge in [-0.3, -0.25) is 0 Å². The molecule has 1 aliphatic rings. The largest absolute Gasteiger partial charge is 0.435 e. The predicted octanol–water partition coefficient (Wildman–Crippen LogP) is 1.65. The van der Waals surface area contributed by atoms with Crippen molar-refractivity contribution in [2.75, 3.05) is 19.7 Å². The number of aromatic amines is 1. The molecular weight excluding hydrogens is 235 g/mol. The minimum atomic E-state index is -4.41. The summed E-state index contributed by atoms with van der Waals surface area (Å²) >= 11 is 0. The van der Waals surface area contributed by atoms with Gasteiger partial charge in [-0.2, -0.15) is 13.2 Å². The second kappa shape index (κ2) is 4.66. The number of imidazole rings is 1. The van der Waals surface area contributed by atoms with Gasteiger partial charge in [0.15, 0.2) is 5.69 Å². The molecule has 0 spiro atoms. The molecule has 0 aliphatic carbocycles. The Morgan fingerprint density at radius 1 is 1.47 bits per heavy atom. The van der Waals surface area contributed by atoms with E-state index in [-0.39, 0.29) is 17.9 Å². The fourth-order valence-corrected chi connectivity index (χ4v) is 1.81. The highest BCUT2D eigenvalue weighted by atomic mass is 19.4. The molecule has 2 heterocycles. The molecule has 2 N–H and O–H groups in total. The third-order valence-corrected chi connectivity index (χ3v) is 2.65. The van der Waals surface area contributed by atoms with Crippen LogP contribution in [0.15, 0.2) is 0 Å². The van der Waals surface area contributed by atoms with Crippen molar-refractivity contribution >= 4 is 0 Å². The first-order chi connectivity index (χ1) is 8.02. The van der Waals surface area contributed by atoms with E-state index >= 15 is 0 Å². The minimum absolute atomic E-state index is 0.113. The topological polar surface area (TPSA) is 49.9 Å². The van der Waals surface area contributed by atoms with Gasteiger partial charge >= 0.3 is 6.18 Å². The molecule has 1 atom stereocenters. The zero-order valence-electron chi connectivity index (χ0n) is 9.40. The summed E-state index contributed by atoms with van der Waals surface area (Å²) in [7, 11) is 0. The average Bonchev–Trinajstić information content (AvgIpc) is 2.74. The number of halogens is 3. The monoisotopic (exact) mass is 249 g/mol. The van der Waals surface area contributed by atoms with E-state index in [2.05, 4.69) is 15.3 Å².